The molecule has 0 heterocycles. The topological polar surface area (TPSA) is 105 Å². The smallest absolute Gasteiger partial charge is 0.264 e. The summed E-state index contributed by atoms with van der Waals surface area (Å²) in [7, 11) is -1.64. The first-order valence-corrected chi connectivity index (χ1v) is 15.6. The number of anilines is 1. The van der Waals surface area contributed by atoms with Crippen LogP contribution in [0.2, 0.25) is 10.0 Å². The van der Waals surface area contributed by atoms with Crippen LogP contribution in [0, 0.1) is 5.82 Å². The van der Waals surface area contributed by atoms with Crippen LogP contribution in [0.4, 0.5) is 10.1 Å². The predicted octanol–water partition coefficient (Wildman–Crippen LogP) is 5.68. The Bertz CT molecular complexity index is 1560. The molecule has 2 amide bonds. The van der Waals surface area contributed by atoms with Crippen molar-refractivity contribution in [2.75, 3.05) is 25.1 Å². The number of halogens is 3. The summed E-state index contributed by atoms with van der Waals surface area (Å²) >= 11 is 12.3. The maximum absolute atomic E-state index is 14.0. The van der Waals surface area contributed by atoms with Crippen LogP contribution in [0.25, 0.3) is 0 Å². The van der Waals surface area contributed by atoms with E-state index >= 15 is 0 Å². The number of rotatable bonds is 13. The molecule has 0 saturated carbocycles. The molecule has 13 heteroatoms. The fraction of sp³-hybridized carbons (Fsp3) is 0.333. The molecule has 232 valence electrons. The van der Waals surface area contributed by atoms with Gasteiger partial charge in [0.15, 0.2) is 11.5 Å². The summed E-state index contributed by atoms with van der Waals surface area (Å²) in [6.45, 7) is 4.52. The number of hydrogen-bond acceptors (Lipinski definition) is 6. The number of carbonyl (C=O) groups is 2. The number of carbonyl (C=O) groups excluding carboxylic acids is 2. The molecule has 3 aromatic rings. The van der Waals surface area contributed by atoms with Gasteiger partial charge in [0.05, 0.1) is 34.8 Å². The van der Waals surface area contributed by atoms with Gasteiger partial charge in [-0.15, -0.1) is 0 Å². The van der Waals surface area contributed by atoms with Crippen LogP contribution in [-0.4, -0.2) is 58.0 Å². The molecule has 0 aliphatic heterocycles. The van der Waals surface area contributed by atoms with Gasteiger partial charge in [0.25, 0.3) is 10.0 Å². The number of sulfonamides is 1. The number of nitrogens with zero attached hydrogens (tertiary/aromatic N) is 2. The van der Waals surface area contributed by atoms with Gasteiger partial charge in [-0.2, -0.15) is 0 Å². The summed E-state index contributed by atoms with van der Waals surface area (Å²) in [6, 6.07) is 12.3. The third-order valence-electron chi connectivity index (χ3n) is 6.84. The number of nitrogens with one attached hydrogen (secondary N) is 1. The molecule has 0 fully saturated rings. The van der Waals surface area contributed by atoms with E-state index in [9.17, 15) is 22.4 Å². The molecule has 2 atom stereocenters. The fourth-order valence-electron chi connectivity index (χ4n) is 4.12. The van der Waals surface area contributed by atoms with Crippen LogP contribution >= 0.6 is 23.2 Å². The van der Waals surface area contributed by atoms with Crippen molar-refractivity contribution >= 4 is 50.7 Å². The van der Waals surface area contributed by atoms with Crippen molar-refractivity contribution in [3.05, 3.63) is 82.1 Å². The van der Waals surface area contributed by atoms with Gasteiger partial charge in [0.2, 0.25) is 11.8 Å². The quantitative estimate of drug-likeness (QED) is 0.255. The van der Waals surface area contributed by atoms with Crippen molar-refractivity contribution in [3.8, 4) is 11.5 Å². The van der Waals surface area contributed by atoms with Gasteiger partial charge in [0.1, 0.15) is 18.4 Å². The van der Waals surface area contributed by atoms with Gasteiger partial charge < -0.3 is 19.7 Å². The van der Waals surface area contributed by atoms with Crippen molar-refractivity contribution in [1.29, 1.82) is 0 Å². The van der Waals surface area contributed by atoms with E-state index in [-0.39, 0.29) is 33.9 Å². The summed E-state index contributed by atoms with van der Waals surface area (Å²) < 4.78 is 53.2. The number of ether oxygens (including phenoxy) is 2. The molecule has 0 aromatic heterocycles. The first-order valence-electron chi connectivity index (χ1n) is 13.4. The second kappa shape index (κ2) is 14.8. The second-order valence-corrected chi connectivity index (χ2v) is 12.4. The third-order valence-corrected chi connectivity index (χ3v) is 9.35. The molecule has 3 rings (SSSR count). The molecule has 0 radical (unpaired) electrons. The zero-order valence-corrected chi connectivity index (χ0v) is 26.8. The average molecular weight is 655 g/mol. The van der Waals surface area contributed by atoms with Gasteiger partial charge in [0, 0.05) is 18.7 Å². The SMILES string of the molecule is CC[C@H](C)NC(=O)[C@@H](C)N(Cc1ccc(Cl)c(Cl)c1)C(=O)CN(c1ccc(F)cc1)S(=O)(=O)c1ccc(OC)c(OC)c1. The number of benzene rings is 3. The summed E-state index contributed by atoms with van der Waals surface area (Å²) in [5.41, 5.74) is 0.609. The Morgan fingerprint density at radius 2 is 1.58 bits per heavy atom. The third kappa shape index (κ3) is 8.31. The summed E-state index contributed by atoms with van der Waals surface area (Å²) in [5.74, 6) is -1.23. The standard InChI is InChI=1S/C30H34Cl2FN3O6S/c1-6-19(2)34-30(38)20(3)35(17-21-7-13-25(31)26(32)15-21)29(37)18-36(23-10-8-22(33)9-11-23)43(39,40)24-12-14-27(41-4)28(16-24)42-5/h7-16,19-20H,6,17-18H2,1-5H3,(H,34,38)/t19-,20+/m0/s1. The minimum Gasteiger partial charge on any atom is -0.493 e. The number of amides is 2. The number of hydrogen-bond donors (Lipinski definition) is 1. The van der Waals surface area contributed by atoms with E-state index in [0.29, 0.717) is 22.8 Å². The lowest BCUT2D eigenvalue weighted by atomic mass is 10.1. The molecule has 9 nitrogen and oxygen atoms in total. The van der Waals surface area contributed by atoms with Gasteiger partial charge in [-0.3, -0.25) is 13.9 Å². The molecule has 3 aromatic carbocycles. The zero-order valence-electron chi connectivity index (χ0n) is 24.4. The van der Waals surface area contributed by atoms with Crippen LogP contribution in [0.3, 0.4) is 0 Å². The first kappa shape index (κ1) is 34.0. The van der Waals surface area contributed by atoms with Gasteiger partial charge in [-0.1, -0.05) is 36.2 Å². The van der Waals surface area contributed by atoms with Crippen LogP contribution < -0.4 is 19.1 Å². The molecule has 43 heavy (non-hydrogen) atoms. The molecular formula is C30H34Cl2FN3O6S. The van der Waals surface area contributed by atoms with E-state index in [0.717, 1.165) is 16.4 Å². The van der Waals surface area contributed by atoms with E-state index in [4.69, 9.17) is 32.7 Å². The van der Waals surface area contributed by atoms with Crippen LogP contribution in [0.1, 0.15) is 32.8 Å². The lowest BCUT2D eigenvalue weighted by molar-refractivity contribution is -0.139. The van der Waals surface area contributed by atoms with Gasteiger partial charge >= 0.3 is 0 Å². The van der Waals surface area contributed by atoms with Crippen LogP contribution in [0.15, 0.2) is 65.6 Å². The van der Waals surface area contributed by atoms with E-state index in [2.05, 4.69) is 5.32 Å². The normalized spacial score (nSPS) is 12.7. The highest BCUT2D eigenvalue weighted by atomic mass is 35.5. The molecule has 0 bridgehead atoms. The molecular weight excluding hydrogens is 620 g/mol. The van der Waals surface area contributed by atoms with Crippen molar-refractivity contribution in [1.82, 2.24) is 10.2 Å². The number of methoxy groups -OCH3 is 2. The van der Waals surface area contributed by atoms with E-state index < -0.39 is 40.2 Å². The monoisotopic (exact) mass is 653 g/mol. The molecule has 0 saturated heterocycles. The lowest BCUT2D eigenvalue weighted by Crippen LogP contribution is -2.52. The minimum absolute atomic E-state index is 0.0377. The molecule has 0 aliphatic rings. The zero-order chi connectivity index (χ0) is 31.9. The largest absolute Gasteiger partial charge is 0.493 e. The van der Waals surface area contributed by atoms with Crippen molar-refractivity contribution < 1.29 is 31.9 Å². The van der Waals surface area contributed by atoms with E-state index in [1.165, 1.54) is 49.5 Å². The van der Waals surface area contributed by atoms with Crippen molar-refractivity contribution in [3.63, 3.8) is 0 Å². The summed E-state index contributed by atoms with van der Waals surface area (Å²) in [5, 5.41) is 3.43. The predicted molar refractivity (Wildman–Crippen MR) is 165 cm³/mol. The highest BCUT2D eigenvalue weighted by Gasteiger charge is 2.33. The Balaban J connectivity index is 2.08. The molecule has 0 unspecified atom stereocenters. The Kier molecular flexibility index (Phi) is 11.7. The maximum atomic E-state index is 14.0. The lowest BCUT2D eigenvalue weighted by Gasteiger charge is -2.32. The Labute approximate surface area is 261 Å². The van der Waals surface area contributed by atoms with E-state index in [1.54, 1.807) is 25.1 Å². The van der Waals surface area contributed by atoms with Gasteiger partial charge in [-0.25, -0.2) is 12.8 Å². The van der Waals surface area contributed by atoms with Crippen molar-refractivity contribution in [2.45, 2.75) is 50.7 Å². The minimum atomic E-state index is -4.42. The van der Waals surface area contributed by atoms with E-state index in [1.807, 2.05) is 13.8 Å². The van der Waals surface area contributed by atoms with Gasteiger partial charge in [-0.05, 0) is 74.4 Å². The summed E-state index contributed by atoms with van der Waals surface area (Å²) in [6.07, 6.45) is 0.668. The van der Waals surface area contributed by atoms with Crippen LogP contribution in [-0.2, 0) is 26.2 Å². The Morgan fingerprint density at radius 3 is 2.16 bits per heavy atom. The highest BCUT2D eigenvalue weighted by molar-refractivity contribution is 7.92. The average Bonchev–Trinajstić information content (AvgIpc) is 2.99. The Morgan fingerprint density at radius 1 is 0.930 bits per heavy atom. The highest BCUT2D eigenvalue weighted by Crippen LogP contribution is 2.32. The maximum Gasteiger partial charge on any atom is 0.264 e. The molecule has 0 aliphatic carbocycles. The second-order valence-electron chi connectivity index (χ2n) is 9.77. The first-order chi connectivity index (χ1) is 20.3. The Hall–Kier alpha value is -3.54. The molecule has 0 spiro atoms. The summed E-state index contributed by atoms with van der Waals surface area (Å²) in [4.78, 5) is 28.2. The van der Waals surface area contributed by atoms with Crippen LogP contribution in [0.5, 0.6) is 11.5 Å². The fourth-order valence-corrected chi connectivity index (χ4v) is 5.87. The van der Waals surface area contributed by atoms with Crippen molar-refractivity contribution in [2.24, 2.45) is 0 Å². The molecule has 1 N–H and O–H groups in total.